The molecule has 1 aliphatic heterocycles. The number of carbonyl (C=O) groups excluding carboxylic acids is 1. The standard InChI is InChI=1S/C15H16ClNO3S/c16-8-1-4-13-11(7-8)12(5-6-21-13)17-14(18)9-2-3-10(9)15(19)20/h1,4,7,9-10,12H,2-3,5-6H2,(H,17,18)(H,19,20). The smallest absolute Gasteiger partial charge is 0.307 e. The lowest BCUT2D eigenvalue weighted by atomic mass is 9.73. The van der Waals surface area contributed by atoms with Crippen molar-refractivity contribution in [1.29, 1.82) is 0 Å². The average Bonchev–Trinajstić information content (AvgIpc) is 2.37. The van der Waals surface area contributed by atoms with Gasteiger partial charge in [-0.3, -0.25) is 9.59 Å². The van der Waals surface area contributed by atoms with Crippen LogP contribution in [0.2, 0.25) is 5.02 Å². The number of rotatable bonds is 3. The van der Waals surface area contributed by atoms with Crippen LogP contribution in [0.3, 0.4) is 0 Å². The lowest BCUT2D eigenvalue weighted by molar-refractivity contribution is -0.153. The summed E-state index contributed by atoms with van der Waals surface area (Å²) in [6.45, 7) is 0. The van der Waals surface area contributed by atoms with Crippen molar-refractivity contribution in [2.24, 2.45) is 11.8 Å². The summed E-state index contributed by atoms with van der Waals surface area (Å²) in [5.41, 5.74) is 1.04. The summed E-state index contributed by atoms with van der Waals surface area (Å²) in [4.78, 5) is 24.5. The molecule has 21 heavy (non-hydrogen) atoms. The number of benzene rings is 1. The number of amides is 1. The molecule has 1 aliphatic carbocycles. The van der Waals surface area contributed by atoms with Crippen LogP contribution in [-0.2, 0) is 9.59 Å². The van der Waals surface area contributed by atoms with Gasteiger partial charge in [0.2, 0.25) is 5.91 Å². The monoisotopic (exact) mass is 325 g/mol. The number of aliphatic carboxylic acids is 1. The van der Waals surface area contributed by atoms with Gasteiger partial charge in [-0.15, -0.1) is 11.8 Å². The Kier molecular flexibility index (Phi) is 4.13. The SMILES string of the molecule is O=C(O)C1CCC1C(=O)NC1CCSc2ccc(Cl)cc21. The van der Waals surface area contributed by atoms with Crippen LogP contribution < -0.4 is 5.32 Å². The van der Waals surface area contributed by atoms with E-state index in [0.717, 1.165) is 22.6 Å². The molecule has 3 unspecified atom stereocenters. The van der Waals surface area contributed by atoms with Crippen molar-refractivity contribution in [3.63, 3.8) is 0 Å². The lowest BCUT2D eigenvalue weighted by Crippen LogP contribution is -2.45. The van der Waals surface area contributed by atoms with Gasteiger partial charge in [-0.2, -0.15) is 0 Å². The zero-order valence-electron chi connectivity index (χ0n) is 11.3. The van der Waals surface area contributed by atoms with Crippen molar-refractivity contribution >= 4 is 35.2 Å². The van der Waals surface area contributed by atoms with Crippen LogP contribution in [0.15, 0.2) is 23.1 Å². The molecule has 3 atom stereocenters. The predicted octanol–water partition coefficient (Wildman–Crippen LogP) is 3.10. The van der Waals surface area contributed by atoms with Crippen molar-refractivity contribution in [2.75, 3.05) is 5.75 Å². The van der Waals surface area contributed by atoms with E-state index in [1.54, 1.807) is 11.8 Å². The molecule has 6 heteroatoms. The van der Waals surface area contributed by atoms with Gasteiger partial charge < -0.3 is 10.4 Å². The maximum absolute atomic E-state index is 12.3. The van der Waals surface area contributed by atoms with E-state index in [1.807, 2.05) is 18.2 Å². The minimum absolute atomic E-state index is 0.0671. The summed E-state index contributed by atoms with van der Waals surface area (Å²) >= 11 is 7.80. The third kappa shape index (κ3) is 2.90. The zero-order valence-corrected chi connectivity index (χ0v) is 12.9. The van der Waals surface area contributed by atoms with E-state index < -0.39 is 11.9 Å². The minimum atomic E-state index is -0.871. The Hall–Kier alpha value is -1.20. The van der Waals surface area contributed by atoms with Gasteiger partial charge in [-0.1, -0.05) is 11.6 Å². The van der Waals surface area contributed by atoms with E-state index >= 15 is 0 Å². The van der Waals surface area contributed by atoms with Crippen LogP contribution in [0.4, 0.5) is 0 Å². The minimum Gasteiger partial charge on any atom is -0.481 e. The first-order chi connectivity index (χ1) is 10.1. The maximum atomic E-state index is 12.3. The molecule has 2 aliphatic rings. The second-order valence-corrected chi connectivity index (χ2v) is 7.08. The van der Waals surface area contributed by atoms with E-state index in [2.05, 4.69) is 5.32 Å². The number of carboxylic acid groups (broad SMARTS) is 1. The number of halogens is 1. The quantitative estimate of drug-likeness (QED) is 0.896. The van der Waals surface area contributed by atoms with Gasteiger partial charge in [-0.05, 0) is 43.0 Å². The van der Waals surface area contributed by atoms with Crippen LogP contribution in [0.5, 0.6) is 0 Å². The Labute approximate surface area is 132 Å². The number of hydrogen-bond donors (Lipinski definition) is 2. The molecule has 2 N–H and O–H groups in total. The Morgan fingerprint density at radius 3 is 2.67 bits per heavy atom. The van der Waals surface area contributed by atoms with E-state index in [-0.39, 0.29) is 17.9 Å². The summed E-state index contributed by atoms with van der Waals surface area (Å²) in [6.07, 6.45) is 2.09. The zero-order chi connectivity index (χ0) is 15.0. The Morgan fingerprint density at radius 2 is 2.00 bits per heavy atom. The van der Waals surface area contributed by atoms with Crippen molar-refractivity contribution in [1.82, 2.24) is 5.32 Å². The van der Waals surface area contributed by atoms with Crippen molar-refractivity contribution in [3.05, 3.63) is 28.8 Å². The topological polar surface area (TPSA) is 66.4 Å². The fourth-order valence-electron chi connectivity index (χ4n) is 2.90. The first-order valence-corrected chi connectivity index (χ1v) is 8.38. The molecule has 4 nitrogen and oxygen atoms in total. The number of nitrogens with one attached hydrogen (secondary N) is 1. The normalized spacial score (nSPS) is 27.4. The third-order valence-electron chi connectivity index (χ3n) is 4.26. The molecular formula is C15H16ClNO3S. The summed E-state index contributed by atoms with van der Waals surface area (Å²) in [7, 11) is 0. The van der Waals surface area contributed by atoms with E-state index in [1.165, 1.54) is 0 Å². The molecule has 3 rings (SSSR count). The Morgan fingerprint density at radius 1 is 1.24 bits per heavy atom. The van der Waals surface area contributed by atoms with Crippen molar-refractivity contribution in [2.45, 2.75) is 30.2 Å². The molecular weight excluding hydrogens is 310 g/mol. The molecule has 0 saturated heterocycles. The summed E-state index contributed by atoms with van der Waals surface area (Å²) in [5.74, 6) is -0.992. The second kappa shape index (κ2) is 5.89. The van der Waals surface area contributed by atoms with Crippen LogP contribution in [0.1, 0.15) is 30.9 Å². The molecule has 1 heterocycles. The van der Waals surface area contributed by atoms with Crippen LogP contribution >= 0.6 is 23.4 Å². The van der Waals surface area contributed by atoms with Crippen LogP contribution in [-0.4, -0.2) is 22.7 Å². The fraction of sp³-hybridized carbons (Fsp3) is 0.467. The molecule has 1 fully saturated rings. The summed E-state index contributed by atoms with van der Waals surface area (Å²) < 4.78 is 0. The third-order valence-corrected chi connectivity index (χ3v) is 5.61. The Bertz CT molecular complexity index is 592. The highest BCUT2D eigenvalue weighted by molar-refractivity contribution is 7.99. The molecule has 1 saturated carbocycles. The van der Waals surface area contributed by atoms with Gasteiger partial charge >= 0.3 is 5.97 Å². The van der Waals surface area contributed by atoms with Gasteiger partial charge in [0.15, 0.2) is 0 Å². The lowest BCUT2D eigenvalue weighted by Gasteiger charge is -2.34. The van der Waals surface area contributed by atoms with Crippen molar-refractivity contribution in [3.8, 4) is 0 Å². The van der Waals surface area contributed by atoms with Gasteiger partial charge in [-0.25, -0.2) is 0 Å². The first-order valence-electron chi connectivity index (χ1n) is 7.01. The molecule has 1 amide bonds. The van der Waals surface area contributed by atoms with Gasteiger partial charge in [0.25, 0.3) is 0 Å². The number of carbonyl (C=O) groups is 2. The number of fused-ring (bicyclic) bond motifs is 1. The highest BCUT2D eigenvalue weighted by atomic mass is 35.5. The summed E-state index contributed by atoms with van der Waals surface area (Å²) in [6, 6.07) is 5.65. The number of hydrogen-bond acceptors (Lipinski definition) is 3. The highest BCUT2D eigenvalue weighted by Gasteiger charge is 2.42. The second-order valence-electron chi connectivity index (χ2n) is 5.51. The number of thioether (sulfide) groups is 1. The van der Waals surface area contributed by atoms with Gasteiger partial charge in [0.1, 0.15) is 0 Å². The van der Waals surface area contributed by atoms with E-state index in [9.17, 15) is 9.59 Å². The van der Waals surface area contributed by atoms with E-state index in [0.29, 0.717) is 17.9 Å². The average molecular weight is 326 g/mol. The first kappa shape index (κ1) is 14.7. The van der Waals surface area contributed by atoms with Crippen molar-refractivity contribution < 1.29 is 14.7 Å². The predicted molar refractivity (Wildman–Crippen MR) is 81.5 cm³/mol. The molecule has 1 aromatic carbocycles. The Balaban J connectivity index is 1.73. The van der Waals surface area contributed by atoms with Gasteiger partial charge in [0.05, 0.1) is 17.9 Å². The number of carboxylic acids is 1. The molecule has 0 spiro atoms. The fourth-order valence-corrected chi connectivity index (χ4v) is 4.19. The molecule has 1 aromatic rings. The largest absolute Gasteiger partial charge is 0.481 e. The van der Waals surface area contributed by atoms with Crippen LogP contribution in [0, 0.1) is 11.8 Å². The highest BCUT2D eigenvalue weighted by Crippen LogP contribution is 2.39. The van der Waals surface area contributed by atoms with E-state index in [4.69, 9.17) is 16.7 Å². The summed E-state index contributed by atoms with van der Waals surface area (Å²) in [5, 5.41) is 12.7. The maximum Gasteiger partial charge on any atom is 0.307 e. The van der Waals surface area contributed by atoms with Gasteiger partial charge in [0, 0.05) is 15.7 Å². The molecule has 112 valence electrons. The van der Waals surface area contributed by atoms with Crippen LogP contribution in [0.25, 0.3) is 0 Å². The molecule has 0 radical (unpaired) electrons. The molecule has 0 aromatic heterocycles. The molecule has 0 bridgehead atoms.